The Bertz CT molecular complexity index is 156. The fraction of sp³-hybridized carbons (Fsp3) is 0.857. The largest absolute Gasteiger partial charge is 0.393 e. The van der Waals surface area contributed by atoms with Crippen molar-refractivity contribution < 1.29 is 25.2 Å². The first-order valence-corrected chi connectivity index (χ1v) is 3.58. The number of ether oxygens (including phenoxy) is 1. The lowest BCUT2D eigenvalue weighted by Gasteiger charge is -2.27. The molecule has 5 heteroatoms. The molecular formula is C7H12O5. The van der Waals surface area contributed by atoms with Crippen molar-refractivity contribution in [2.24, 2.45) is 0 Å². The van der Waals surface area contributed by atoms with Crippen LogP contribution >= 0.6 is 0 Å². The van der Waals surface area contributed by atoms with E-state index in [1.807, 2.05) is 0 Å². The highest BCUT2D eigenvalue weighted by atomic mass is 16.6. The van der Waals surface area contributed by atoms with Crippen molar-refractivity contribution in [2.45, 2.75) is 23.9 Å². The van der Waals surface area contributed by atoms with Crippen LogP contribution in [0.2, 0.25) is 0 Å². The lowest BCUT2D eigenvalue weighted by Crippen LogP contribution is -2.49. The van der Waals surface area contributed by atoms with E-state index in [0.717, 1.165) is 0 Å². The summed E-state index contributed by atoms with van der Waals surface area (Å²) in [7, 11) is 0. The van der Waals surface area contributed by atoms with E-state index in [4.69, 9.17) is 27.0 Å². The molecule has 70 valence electrons. The number of rotatable bonds is 2. The van der Waals surface area contributed by atoms with Crippen molar-refractivity contribution in [3.8, 4) is 0 Å². The predicted molar refractivity (Wildman–Crippen MR) is 38.1 cm³/mol. The summed E-state index contributed by atoms with van der Waals surface area (Å²) in [6.07, 6.45) is -3.70. The fourth-order valence-corrected chi connectivity index (χ4v) is 1.21. The van der Waals surface area contributed by atoms with Crippen LogP contribution in [0.1, 0.15) is 0 Å². The molecule has 0 saturated carbocycles. The highest BCUT2D eigenvalue weighted by molar-refractivity contribution is 5.02. The van der Waals surface area contributed by atoms with Gasteiger partial charge >= 0.3 is 0 Å². The minimum absolute atomic E-state index is 0.588. The summed E-state index contributed by atoms with van der Waals surface area (Å²) >= 11 is 0. The standard InChI is InChI=1S/C7H12O5/c1-4-5(10)6(11)7(2-8,3-9)12-4/h1,4-6,8-11H,2-3H2/t4-,5?,6+/m0/s1. The monoisotopic (exact) mass is 176 g/mol. The summed E-state index contributed by atoms with van der Waals surface area (Å²) in [5.74, 6) is 0. The predicted octanol–water partition coefficient (Wildman–Crippen LogP) is -2.46. The van der Waals surface area contributed by atoms with E-state index in [9.17, 15) is 5.11 Å². The topological polar surface area (TPSA) is 90.2 Å². The highest BCUT2D eigenvalue weighted by Gasteiger charge is 2.52. The van der Waals surface area contributed by atoms with Gasteiger partial charge in [-0.2, -0.15) is 0 Å². The van der Waals surface area contributed by atoms with E-state index < -0.39 is 37.1 Å². The second kappa shape index (κ2) is 3.27. The molecule has 1 unspecified atom stereocenters. The first-order valence-electron chi connectivity index (χ1n) is 3.58. The van der Waals surface area contributed by atoms with Gasteiger partial charge in [0.05, 0.1) is 19.3 Å². The average Bonchev–Trinajstić information content (AvgIpc) is 2.30. The molecule has 5 nitrogen and oxygen atoms in total. The van der Waals surface area contributed by atoms with Crippen molar-refractivity contribution in [1.82, 2.24) is 0 Å². The zero-order valence-electron chi connectivity index (χ0n) is 6.42. The van der Waals surface area contributed by atoms with Gasteiger partial charge in [-0.25, -0.2) is 0 Å². The Morgan fingerprint density at radius 1 is 1.25 bits per heavy atom. The summed E-state index contributed by atoms with van der Waals surface area (Å²) in [6.45, 7) is 4.07. The van der Waals surface area contributed by atoms with E-state index in [1.54, 1.807) is 0 Å². The van der Waals surface area contributed by atoms with Gasteiger partial charge in [0.2, 0.25) is 0 Å². The van der Waals surface area contributed by atoms with Crippen LogP contribution in [0.5, 0.6) is 0 Å². The van der Waals surface area contributed by atoms with Crippen molar-refractivity contribution in [3.05, 3.63) is 6.92 Å². The smallest absolute Gasteiger partial charge is 0.143 e. The molecule has 3 atom stereocenters. The van der Waals surface area contributed by atoms with Gasteiger partial charge in [0.25, 0.3) is 0 Å². The molecule has 2 radical (unpaired) electrons. The van der Waals surface area contributed by atoms with Gasteiger partial charge in [-0.05, 0) is 6.92 Å². The number of hydrogen-bond donors (Lipinski definition) is 4. The maximum Gasteiger partial charge on any atom is 0.143 e. The van der Waals surface area contributed by atoms with Crippen molar-refractivity contribution in [2.75, 3.05) is 13.2 Å². The van der Waals surface area contributed by atoms with Crippen LogP contribution in [-0.4, -0.2) is 57.6 Å². The molecule has 4 N–H and O–H groups in total. The summed E-state index contributed by atoms with van der Waals surface area (Å²) in [6, 6.07) is 0. The molecule has 1 rings (SSSR count). The lowest BCUT2D eigenvalue weighted by atomic mass is 9.96. The van der Waals surface area contributed by atoms with E-state index in [2.05, 4.69) is 0 Å². The Balaban J connectivity index is 2.79. The lowest BCUT2D eigenvalue weighted by molar-refractivity contribution is -0.129. The van der Waals surface area contributed by atoms with Gasteiger partial charge in [0, 0.05) is 0 Å². The fourth-order valence-electron chi connectivity index (χ4n) is 1.21. The third-order valence-corrected chi connectivity index (χ3v) is 2.11. The van der Waals surface area contributed by atoms with E-state index in [-0.39, 0.29) is 0 Å². The van der Waals surface area contributed by atoms with E-state index >= 15 is 0 Å². The molecule has 0 bridgehead atoms. The van der Waals surface area contributed by atoms with Crippen molar-refractivity contribution in [1.29, 1.82) is 0 Å². The molecule has 1 fully saturated rings. The van der Waals surface area contributed by atoms with Crippen LogP contribution in [-0.2, 0) is 4.74 Å². The molecular weight excluding hydrogens is 164 g/mol. The van der Waals surface area contributed by atoms with Crippen LogP contribution in [0.4, 0.5) is 0 Å². The van der Waals surface area contributed by atoms with Gasteiger partial charge in [-0.15, -0.1) is 0 Å². The Morgan fingerprint density at radius 2 is 1.75 bits per heavy atom. The van der Waals surface area contributed by atoms with Crippen LogP contribution in [0.25, 0.3) is 0 Å². The number of aliphatic hydroxyl groups excluding tert-OH is 4. The van der Waals surface area contributed by atoms with Crippen LogP contribution in [0.3, 0.4) is 0 Å². The van der Waals surface area contributed by atoms with Gasteiger partial charge in [0.15, 0.2) is 0 Å². The van der Waals surface area contributed by atoms with Crippen LogP contribution < -0.4 is 0 Å². The Kier molecular flexibility index (Phi) is 2.70. The highest BCUT2D eigenvalue weighted by Crippen LogP contribution is 2.30. The van der Waals surface area contributed by atoms with Gasteiger partial charge in [0.1, 0.15) is 17.8 Å². The van der Waals surface area contributed by atoms with E-state index in [0.29, 0.717) is 0 Å². The molecule has 1 heterocycles. The molecule has 0 spiro atoms. The first-order chi connectivity index (χ1) is 5.57. The molecule has 0 aliphatic carbocycles. The van der Waals surface area contributed by atoms with Gasteiger partial charge in [-0.1, -0.05) is 0 Å². The average molecular weight is 176 g/mol. The molecule has 0 aromatic carbocycles. The first kappa shape index (κ1) is 9.88. The molecule has 0 aromatic rings. The summed E-state index contributed by atoms with van der Waals surface area (Å²) < 4.78 is 4.85. The number of hydrogen-bond acceptors (Lipinski definition) is 5. The molecule has 0 amide bonds. The zero-order valence-corrected chi connectivity index (χ0v) is 6.42. The number of aliphatic hydroxyl groups is 4. The maximum absolute atomic E-state index is 9.30. The SMILES string of the molecule is [CH][C@@H]1OC(CO)(CO)[C@H](O)C1O. The molecule has 1 aliphatic rings. The molecule has 0 aromatic heterocycles. The second-order valence-corrected chi connectivity index (χ2v) is 2.90. The normalized spacial score (nSPS) is 40.2. The van der Waals surface area contributed by atoms with Crippen molar-refractivity contribution in [3.63, 3.8) is 0 Å². The second-order valence-electron chi connectivity index (χ2n) is 2.90. The molecule has 12 heavy (non-hydrogen) atoms. The maximum atomic E-state index is 9.30. The Labute approximate surface area is 70.2 Å². The van der Waals surface area contributed by atoms with Crippen molar-refractivity contribution >= 4 is 0 Å². The Hall–Kier alpha value is -0.200. The summed E-state index contributed by atoms with van der Waals surface area (Å²) in [5.41, 5.74) is -1.53. The molecule has 1 aliphatic heterocycles. The molecule has 1 saturated heterocycles. The third kappa shape index (κ3) is 1.23. The third-order valence-electron chi connectivity index (χ3n) is 2.11. The van der Waals surface area contributed by atoms with Gasteiger partial charge < -0.3 is 25.2 Å². The van der Waals surface area contributed by atoms with Crippen LogP contribution in [0.15, 0.2) is 0 Å². The minimum Gasteiger partial charge on any atom is -0.393 e. The van der Waals surface area contributed by atoms with Crippen LogP contribution in [0, 0.1) is 6.92 Å². The van der Waals surface area contributed by atoms with Gasteiger partial charge in [-0.3, -0.25) is 0 Å². The Morgan fingerprint density at radius 3 is 1.92 bits per heavy atom. The summed E-state index contributed by atoms with van der Waals surface area (Å²) in [5, 5.41) is 36.1. The zero-order chi connectivity index (χ0) is 9.35. The summed E-state index contributed by atoms with van der Waals surface area (Å²) in [4.78, 5) is 0. The minimum atomic E-state index is -1.53. The quantitative estimate of drug-likeness (QED) is 0.375. The van der Waals surface area contributed by atoms with E-state index in [1.165, 1.54) is 0 Å².